The molecule has 0 saturated heterocycles. The Kier molecular flexibility index (Phi) is 8.45. The van der Waals surface area contributed by atoms with Crippen molar-refractivity contribution in [1.29, 1.82) is 0 Å². The van der Waals surface area contributed by atoms with Crippen LogP contribution in [0.2, 0.25) is 0 Å². The van der Waals surface area contributed by atoms with Crippen molar-refractivity contribution in [2.75, 3.05) is 11.4 Å². The maximum atomic E-state index is 13.9. The van der Waals surface area contributed by atoms with Gasteiger partial charge in [-0.15, -0.1) is 0 Å². The highest BCUT2D eigenvalue weighted by Crippen LogP contribution is 2.34. The smallest absolute Gasteiger partial charge is 0.282 e. The summed E-state index contributed by atoms with van der Waals surface area (Å²) < 4.78 is 34.4. The van der Waals surface area contributed by atoms with Crippen LogP contribution in [-0.2, 0) is 21.4 Å². The van der Waals surface area contributed by atoms with Gasteiger partial charge in [0.05, 0.1) is 25.0 Å². The van der Waals surface area contributed by atoms with Crippen molar-refractivity contribution in [1.82, 2.24) is 15.3 Å². The average molecular weight is 497 g/mol. The Labute approximate surface area is 207 Å². The summed E-state index contributed by atoms with van der Waals surface area (Å²) in [5.74, 6) is 0.0968. The standard InChI is InChI=1S/C26H32N4O4S/c1-6-22(26(31)28-17-21-11-9-10-19(4)29-21)30(23-12-7-8-13-24(23)34-5)35(32,33)25-15-14-20(16-27-25)18(2)3/h7-16,18,22H,6,17H2,1-5H3,(H,28,31). The lowest BCUT2D eigenvalue weighted by Crippen LogP contribution is -2.49. The largest absolute Gasteiger partial charge is 0.495 e. The van der Waals surface area contributed by atoms with Crippen LogP contribution in [-0.4, -0.2) is 37.4 Å². The van der Waals surface area contributed by atoms with E-state index in [1.165, 1.54) is 13.2 Å². The van der Waals surface area contributed by atoms with Crippen LogP contribution in [0.15, 0.2) is 65.8 Å². The van der Waals surface area contributed by atoms with Gasteiger partial charge >= 0.3 is 0 Å². The number of rotatable bonds is 10. The van der Waals surface area contributed by atoms with E-state index in [1.807, 2.05) is 39.0 Å². The topological polar surface area (TPSA) is 101 Å². The molecule has 1 aromatic carbocycles. The third kappa shape index (κ3) is 5.97. The molecule has 3 rings (SSSR count). The van der Waals surface area contributed by atoms with Gasteiger partial charge in [-0.05, 0) is 55.2 Å². The minimum Gasteiger partial charge on any atom is -0.495 e. The zero-order valence-electron chi connectivity index (χ0n) is 20.7. The predicted molar refractivity (Wildman–Crippen MR) is 136 cm³/mol. The molecule has 0 fully saturated rings. The highest BCUT2D eigenvalue weighted by molar-refractivity contribution is 7.92. The lowest BCUT2D eigenvalue weighted by atomic mass is 10.1. The zero-order chi connectivity index (χ0) is 25.6. The Hall–Kier alpha value is -3.46. The fourth-order valence-corrected chi connectivity index (χ4v) is 5.33. The summed E-state index contributed by atoms with van der Waals surface area (Å²) in [4.78, 5) is 22.0. The van der Waals surface area contributed by atoms with Crippen LogP contribution in [0, 0.1) is 6.92 Å². The number of aryl methyl sites for hydroxylation is 1. The van der Waals surface area contributed by atoms with E-state index in [2.05, 4.69) is 15.3 Å². The van der Waals surface area contributed by atoms with Gasteiger partial charge in [0.2, 0.25) is 5.91 Å². The monoisotopic (exact) mass is 496 g/mol. The first-order valence-corrected chi connectivity index (χ1v) is 13.0. The first-order chi connectivity index (χ1) is 16.7. The molecule has 9 heteroatoms. The molecule has 1 amide bonds. The van der Waals surface area contributed by atoms with Gasteiger partial charge in [-0.3, -0.25) is 9.78 Å². The predicted octanol–water partition coefficient (Wildman–Crippen LogP) is 4.21. The van der Waals surface area contributed by atoms with E-state index in [9.17, 15) is 13.2 Å². The van der Waals surface area contributed by atoms with Gasteiger partial charge in [-0.2, -0.15) is 8.42 Å². The van der Waals surface area contributed by atoms with Gasteiger partial charge in [0, 0.05) is 11.9 Å². The van der Waals surface area contributed by atoms with Gasteiger partial charge in [0.1, 0.15) is 11.8 Å². The number of methoxy groups -OCH3 is 1. The lowest BCUT2D eigenvalue weighted by molar-refractivity contribution is -0.122. The Morgan fingerprint density at radius 3 is 2.43 bits per heavy atom. The molecule has 8 nitrogen and oxygen atoms in total. The van der Waals surface area contributed by atoms with E-state index < -0.39 is 22.0 Å². The maximum absolute atomic E-state index is 13.9. The molecule has 0 aliphatic heterocycles. The first-order valence-electron chi connectivity index (χ1n) is 11.5. The number of carbonyl (C=O) groups is 1. The van der Waals surface area contributed by atoms with E-state index in [-0.39, 0.29) is 29.6 Å². The molecule has 186 valence electrons. The van der Waals surface area contributed by atoms with Crippen molar-refractivity contribution < 1.29 is 17.9 Å². The van der Waals surface area contributed by atoms with Crippen LogP contribution in [0.3, 0.4) is 0 Å². The van der Waals surface area contributed by atoms with E-state index in [0.717, 1.165) is 15.6 Å². The second-order valence-electron chi connectivity index (χ2n) is 8.47. The molecule has 3 aromatic rings. The highest BCUT2D eigenvalue weighted by atomic mass is 32.2. The molecule has 0 radical (unpaired) electrons. The number of ether oxygens (including phenoxy) is 1. The summed E-state index contributed by atoms with van der Waals surface area (Å²) in [5.41, 5.74) is 2.70. The summed E-state index contributed by atoms with van der Waals surface area (Å²) in [5, 5.41) is 2.70. The molecular formula is C26H32N4O4S. The molecule has 1 unspecified atom stereocenters. The molecule has 2 heterocycles. The number of benzene rings is 1. The molecule has 1 N–H and O–H groups in total. The average Bonchev–Trinajstić information content (AvgIpc) is 2.85. The number of nitrogens with one attached hydrogen (secondary N) is 1. The van der Waals surface area contributed by atoms with Crippen LogP contribution in [0.4, 0.5) is 5.69 Å². The van der Waals surface area contributed by atoms with Gasteiger partial charge in [0.15, 0.2) is 5.03 Å². The Bertz CT molecular complexity index is 1260. The number of amides is 1. The van der Waals surface area contributed by atoms with E-state index >= 15 is 0 Å². The number of hydrogen-bond acceptors (Lipinski definition) is 6. The lowest BCUT2D eigenvalue weighted by Gasteiger charge is -2.32. The fraction of sp³-hybridized carbons (Fsp3) is 0.346. The molecular weight excluding hydrogens is 464 g/mol. The van der Waals surface area contributed by atoms with Crippen molar-refractivity contribution in [3.63, 3.8) is 0 Å². The molecule has 0 aliphatic carbocycles. The normalized spacial score (nSPS) is 12.3. The Morgan fingerprint density at radius 2 is 1.83 bits per heavy atom. The van der Waals surface area contributed by atoms with Crippen molar-refractivity contribution in [2.45, 2.75) is 57.6 Å². The highest BCUT2D eigenvalue weighted by Gasteiger charge is 2.37. The second kappa shape index (κ2) is 11.3. The summed E-state index contributed by atoms with van der Waals surface area (Å²) >= 11 is 0. The van der Waals surface area contributed by atoms with E-state index in [4.69, 9.17) is 4.74 Å². The summed E-state index contributed by atoms with van der Waals surface area (Å²) in [6.45, 7) is 7.83. The van der Waals surface area contributed by atoms with Crippen LogP contribution >= 0.6 is 0 Å². The SMILES string of the molecule is CCC(C(=O)NCc1cccc(C)n1)N(c1ccccc1OC)S(=O)(=O)c1ccc(C(C)C)cn1. The molecule has 0 saturated carbocycles. The van der Waals surface area contributed by atoms with Crippen LogP contribution < -0.4 is 14.4 Å². The third-order valence-corrected chi connectivity index (χ3v) is 7.37. The van der Waals surface area contributed by atoms with Gasteiger partial charge in [0.25, 0.3) is 10.0 Å². The van der Waals surface area contributed by atoms with Gasteiger partial charge in [-0.1, -0.05) is 45.0 Å². The van der Waals surface area contributed by atoms with E-state index in [1.54, 1.807) is 43.5 Å². The number of hydrogen-bond donors (Lipinski definition) is 1. The van der Waals surface area contributed by atoms with Crippen LogP contribution in [0.25, 0.3) is 0 Å². The minimum absolute atomic E-state index is 0.139. The summed E-state index contributed by atoms with van der Waals surface area (Å²) in [7, 11) is -2.75. The molecule has 0 aliphatic rings. The van der Waals surface area contributed by atoms with Crippen molar-refractivity contribution in [2.24, 2.45) is 0 Å². The first kappa shape index (κ1) is 26.2. The van der Waals surface area contributed by atoms with Crippen molar-refractivity contribution in [3.8, 4) is 5.75 Å². The molecule has 1 atom stereocenters. The number of carbonyl (C=O) groups excluding carboxylic acids is 1. The summed E-state index contributed by atoms with van der Waals surface area (Å²) in [6.07, 6.45) is 1.79. The van der Waals surface area contributed by atoms with Crippen molar-refractivity contribution >= 4 is 21.6 Å². The fourth-order valence-electron chi connectivity index (χ4n) is 3.71. The van der Waals surface area contributed by atoms with Gasteiger partial charge in [-0.25, -0.2) is 9.29 Å². The second-order valence-corrected chi connectivity index (χ2v) is 10.2. The van der Waals surface area contributed by atoms with Crippen LogP contribution in [0.1, 0.15) is 50.1 Å². The third-order valence-electron chi connectivity index (χ3n) is 5.63. The zero-order valence-corrected chi connectivity index (χ0v) is 21.5. The maximum Gasteiger partial charge on any atom is 0.282 e. The Balaban J connectivity index is 2.03. The molecule has 35 heavy (non-hydrogen) atoms. The minimum atomic E-state index is -4.21. The van der Waals surface area contributed by atoms with Gasteiger partial charge < -0.3 is 10.1 Å². The number of pyridine rings is 2. The number of sulfonamides is 1. The molecule has 0 bridgehead atoms. The number of aromatic nitrogens is 2. The molecule has 0 spiro atoms. The number of nitrogens with zero attached hydrogens (tertiary/aromatic N) is 3. The quantitative estimate of drug-likeness (QED) is 0.451. The Morgan fingerprint density at radius 1 is 1.09 bits per heavy atom. The number of para-hydroxylation sites is 2. The van der Waals surface area contributed by atoms with Crippen molar-refractivity contribution in [3.05, 3.63) is 77.7 Å². The molecule has 2 aromatic heterocycles. The van der Waals surface area contributed by atoms with E-state index in [0.29, 0.717) is 11.4 Å². The van der Waals surface area contributed by atoms with Crippen LogP contribution in [0.5, 0.6) is 5.75 Å². The number of anilines is 1. The summed E-state index contributed by atoms with van der Waals surface area (Å²) in [6, 6.07) is 14.5.